The van der Waals surface area contributed by atoms with Crippen LogP contribution in [0.1, 0.15) is 13.3 Å². The van der Waals surface area contributed by atoms with Crippen LogP contribution in [-0.2, 0) is 4.79 Å². The number of hydrogen-bond donors (Lipinski definition) is 0. The minimum atomic E-state index is -1.19. The second-order valence-corrected chi connectivity index (χ2v) is 1.45. The predicted octanol–water partition coefficient (Wildman–Crippen LogP) is -0.628. The fourth-order valence-corrected chi connectivity index (χ4v) is 0.404. The molecule has 3 nitrogen and oxygen atoms in total. The lowest BCUT2D eigenvalue weighted by molar-refractivity contribution is -0.299. The SMILES string of the molecule is CCC(=C=NC)C(=O)[O-]. The lowest BCUT2D eigenvalue weighted by Gasteiger charge is -1.98. The monoisotopic (exact) mass is 126 g/mol. The van der Waals surface area contributed by atoms with Crippen molar-refractivity contribution in [2.24, 2.45) is 4.99 Å². The summed E-state index contributed by atoms with van der Waals surface area (Å²) >= 11 is 0. The van der Waals surface area contributed by atoms with Gasteiger partial charge in [0, 0.05) is 12.6 Å². The van der Waals surface area contributed by atoms with Crippen molar-refractivity contribution < 1.29 is 9.90 Å². The first kappa shape index (κ1) is 7.92. The Balaban J connectivity index is 4.35. The average Bonchev–Trinajstić information content (AvgIpc) is 1.82. The number of carbonyl (C=O) groups excluding carboxylic acids is 1. The normalized spacial score (nSPS) is 7.78. The summed E-state index contributed by atoms with van der Waals surface area (Å²) in [6, 6.07) is 0. The second kappa shape index (κ2) is 3.87. The molecule has 3 heteroatoms. The van der Waals surface area contributed by atoms with Gasteiger partial charge in [-0.1, -0.05) is 6.92 Å². The number of carboxylic acids is 1. The van der Waals surface area contributed by atoms with Crippen molar-refractivity contribution in [3.8, 4) is 0 Å². The number of hydrogen-bond acceptors (Lipinski definition) is 3. The summed E-state index contributed by atoms with van der Waals surface area (Å²) in [6.07, 6.45) is 0.402. The third kappa shape index (κ3) is 2.67. The van der Waals surface area contributed by atoms with Crippen molar-refractivity contribution in [3.05, 3.63) is 5.57 Å². The zero-order valence-corrected chi connectivity index (χ0v) is 5.47. The van der Waals surface area contributed by atoms with Gasteiger partial charge in [0.05, 0.1) is 5.97 Å². The molecule has 0 saturated carbocycles. The van der Waals surface area contributed by atoms with Gasteiger partial charge in [-0.3, -0.25) is 0 Å². The van der Waals surface area contributed by atoms with Crippen molar-refractivity contribution >= 4 is 11.8 Å². The van der Waals surface area contributed by atoms with Crippen LogP contribution in [0.15, 0.2) is 10.6 Å². The maximum Gasteiger partial charge on any atom is 0.0767 e. The molecule has 0 fully saturated rings. The highest BCUT2D eigenvalue weighted by Gasteiger charge is 1.90. The summed E-state index contributed by atoms with van der Waals surface area (Å²) < 4.78 is 0. The molecular formula is C6H8NO2-. The third-order valence-corrected chi connectivity index (χ3v) is 0.847. The summed E-state index contributed by atoms with van der Waals surface area (Å²) in [5.74, 6) is 1.12. The minimum Gasteiger partial charge on any atom is -0.544 e. The molecule has 0 aliphatic heterocycles. The largest absolute Gasteiger partial charge is 0.544 e. The molecular weight excluding hydrogens is 118 g/mol. The summed E-state index contributed by atoms with van der Waals surface area (Å²) in [5, 5.41) is 10.0. The summed E-state index contributed by atoms with van der Waals surface area (Å²) in [4.78, 5) is 13.5. The molecule has 0 aromatic rings. The predicted molar refractivity (Wildman–Crippen MR) is 32.2 cm³/mol. The lowest BCUT2D eigenvalue weighted by Crippen LogP contribution is -2.24. The van der Waals surface area contributed by atoms with Gasteiger partial charge in [-0.25, -0.2) is 4.99 Å². The van der Waals surface area contributed by atoms with Gasteiger partial charge in [-0.2, -0.15) is 0 Å². The van der Waals surface area contributed by atoms with E-state index in [4.69, 9.17) is 0 Å². The van der Waals surface area contributed by atoms with Crippen LogP contribution in [0.4, 0.5) is 0 Å². The van der Waals surface area contributed by atoms with Gasteiger partial charge in [-0.15, -0.1) is 0 Å². The number of aliphatic imine (C=N–C) groups is 1. The van der Waals surface area contributed by atoms with Crippen LogP contribution < -0.4 is 5.11 Å². The maximum absolute atomic E-state index is 10.0. The van der Waals surface area contributed by atoms with Crippen molar-refractivity contribution in [3.63, 3.8) is 0 Å². The number of carboxylic acid groups (broad SMARTS) is 1. The Morgan fingerprint density at radius 1 is 1.78 bits per heavy atom. The highest BCUT2D eigenvalue weighted by molar-refractivity contribution is 5.94. The van der Waals surface area contributed by atoms with Crippen molar-refractivity contribution in [2.45, 2.75) is 13.3 Å². The molecule has 0 aliphatic carbocycles. The Kier molecular flexibility index (Phi) is 3.40. The van der Waals surface area contributed by atoms with Gasteiger partial charge in [-0.05, 0) is 12.3 Å². The highest BCUT2D eigenvalue weighted by atomic mass is 16.4. The highest BCUT2D eigenvalue weighted by Crippen LogP contribution is 1.90. The first-order valence-corrected chi connectivity index (χ1v) is 2.64. The second-order valence-electron chi connectivity index (χ2n) is 1.45. The molecule has 9 heavy (non-hydrogen) atoms. The fourth-order valence-electron chi connectivity index (χ4n) is 0.404. The molecule has 0 aliphatic rings. The molecule has 0 bridgehead atoms. The van der Waals surface area contributed by atoms with Gasteiger partial charge in [0.2, 0.25) is 0 Å². The molecule has 0 spiro atoms. The Morgan fingerprint density at radius 3 is 2.44 bits per heavy atom. The van der Waals surface area contributed by atoms with E-state index in [1.807, 2.05) is 0 Å². The van der Waals surface area contributed by atoms with Gasteiger partial charge in [0.15, 0.2) is 0 Å². The molecule has 0 saturated heterocycles. The van der Waals surface area contributed by atoms with Crippen molar-refractivity contribution in [1.29, 1.82) is 0 Å². The quantitative estimate of drug-likeness (QED) is 0.365. The molecule has 0 amide bonds. The van der Waals surface area contributed by atoms with Gasteiger partial charge >= 0.3 is 0 Å². The van der Waals surface area contributed by atoms with E-state index in [1.54, 1.807) is 6.92 Å². The van der Waals surface area contributed by atoms with Crippen LogP contribution in [0, 0.1) is 0 Å². The van der Waals surface area contributed by atoms with E-state index in [0.29, 0.717) is 6.42 Å². The van der Waals surface area contributed by atoms with E-state index in [9.17, 15) is 9.90 Å². The van der Waals surface area contributed by atoms with Gasteiger partial charge in [0.25, 0.3) is 0 Å². The molecule has 0 heterocycles. The number of aliphatic carboxylic acids is 1. The molecule has 0 unspecified atom stereocenters. The maximum atomic E-state index is 10.0. The average molecular weight is 126 g/mol. The number of carbonyl (C=O) groups is 1. The molecule has 0 rings (SSSR count). The molecule has 0 aromatic carbocycles. The van der Waals surface area contributed by atoms with Crippen LogP contribution in [0.5, 0.6) is 0 Å². The standard InChI is InChI=1S/C6H9NO2/c1-3-5(4-7-2)6(8)9/h3H2,1-2H3,(H,8,9)/p-1. The van der Waals surface area contributed by atoms with E-state index in [2.05, 4.69) is 10.9 Å². The van der Waals surface area contributed by atoms with Crippen LogP contribution >= 0.6 is 0 Å². The topological polar surface area (TPSA) is 52.5 Å². The third-order valence-electron chi connectivity index (χ3n) is 0.847. The molecule has 0 atom stereocenters. The van der Waals surface area contributed by atoms with Gasteiger partial charge in [0.1, 0.15) is 0 Å². The Labute approximate surface area is 53.7 Å². The molecule has 0 N–H and O–H groups in total. The minimum absolute atomic E-state index is 0.109. The summed E-state index contributed by atoms with van der Waals surface area (Å²) in [7, 11) is 1.47. The number of rotatable bonds is 2. The molecule has 0 radical (unpaired) electrons. The number of nitrogens with zero attached hydrogens (tertiary/aromatic N) is 1. The van der Waals surface area contributed by atoms with Crippen molar-refractivity contribution in [1.82, 2.24) is 0 Å². The zero-order chi connectivity index (χ0) is 7.28. The van der Waals surface area contributed by atoms with Crippen LogP contribution in [0.2, 0.25) is 0 Å². The lowest BCUT2D eigenvalue weighted by atomic mass is 10.2. The van der Waals surface area contributed by atoms with Crippen LogP contribution in [0.3, 0.4) is 0 Å². The molecule has 50 valence electrons. The van der Waals surface area contributed by atoms with Crippen molar-refractivity contribution in [2.75, 3.05) is 7.05 Å². The van der Waals surface area contributed by atoms with E-state index < -0.39 is 5.97 Å². The summed E-state index contributed by atoms with van der Waals surface area (Å²) in [5.41, 5.74) is 0.109. The van der Waals surface area contributed by atoms with Crippen LogP contribution in [-0.4, -0.2) is 18.9 Å². The molecule has 0 aromatic heterocycles. The Bertz CT molecular complexity index is 166. The Hall–Kier alpha value is -1.08. The smallest absolute Gasteiger partial charge is 0.0767 e. The van der Waals surface area contributed by atoms with Gasteiger partial charge < -0.3 is 9.90 Å². The van der Waals surface area contributed by atoms with E-state index in [0.717, 1.165) is 0 Å². The fraction of sp³-hybridized carbons (Fsp3) is 0.500. The van der Waals surface area contributed by atoms with E-state index in [-0.39, 0.29) is 5.57 Å². The van der Waals surface area contributed by atoms with E-state index in [1.165, 1.54) is 7.05 Å². The zero-order valence-electron chi connectivity index (χ0n) is 5.47. The first-order valence-electron chi connectivity index (χ1n) is 2.64. The Morgan fingerprint density at radius 2 is 2.33 bits per heavy atom. The first-order chi connectivity index (χ1) is 4.22. The summed E-state index contributed by atoms with van der Waals surface area (Å²) in [6.45, 7) is 1.71. The van der Waals surface area contributed by atoms with Crippen LogP contribution in [0.25, 0.3) is 0 Å². The van der Waals surface area contributed by atoms with E-state index >= 15 is 0 Å².